The Morgan fingerprint density at radius 3 is 1.97 bits per heavy atom. The fourth-order valence-electron chi connectivity index (χ4n) is 4.72. The van der Waals surface area contributed by atoms with E-state index in [9.17, 15) is 9.59 Å². The molecule has 0 saturated carbocycles. The van der Waals surface area contributed by atoms with Gasteiger partial charge in [-0.3, -0.25) is 4.99 Å². The molecule has 0 amide bonds. The lowest BCUT2D eigenvalue weighted by Crippen LogP contribution is -2.53. The van der Waals surface area contributed by atoms with Crippen LogP contribution in [-0.4, -0.2) is 37.4 Å². The van der Waals surface area contributed by atoms with E-state index in [2.05, 4.69) is 15.9 Å². The van der Waals surface area contributed by atoms with E-state index in [1.54, 1.807) is 0 Å². The number of methoxy groups -OCH3 is 2. The molecule has 6 heteroatoms. The molecule has 4 rings (SSSR count). The number of esters is 2. The summed E-state index contributed by atoms with van der Waals surface area (Å²) in [5.74, 6) is -2.01. The maximum atomic E-state index is 13.6. The Bertz CT molecular complexity index is 1150. The molecule has 3 aromatic carbocycles. The number of halogens is 1. The van der Waals surface area contributed by atoms with Crippen LogP contribution in [0.1, 0.15) is 41.0 Å². The van der Waals surface area contributed by atoms with E-state index < -0.39 is 23.4 Å². The van der Waals surface area contributed by atoms with Crippen LogP contribution in [0.4, 0.5) is 0 Å². The van der Waals surface area contributed by atoms with Crippen LogP contribution in [-0.2, 0) is 25.5 Å². The smallest absolute Gasteiger partial charge is 0.346 e. The Morgan fingerprint density at radius 1 is 0.882 bits per heavy atom. The number of carbonyl (C=O) groups is 2. The summed E-state index contributed by atoms with van der Waals surface area (Å²) >= 11 is 3.55. The minimum Gasteiger partial charge on any atom is -0.467 e. The molecule has 0 spiro atoms. The van der Waals surface area contributed by atoms with Gasteiger partial charge in [0.2, 0.25) is 0 Å². The van der Waals surface area contributed by atoms with Crippen molar-refractivity contribution in [1.82, 2.24) is 0 Å². The number of ether oxygens (including phenoxy) is 2. The molecule has 0 fully saturated rings. The summed E-state index contributed by atoms with van der Waals surface area (Å²) in [5, 5.41) is 0. The SMILES string of the molecule is COC(=O)C(N=C(c1ccccc1)c1ccccc1)(C(=O)OC)[C@H]1CCCc2ccc(Br)cc21. The van der Waals surface area contributed by atoms with Gasteiger partial charge in [0, 0.05) is 21.5 Å². The molecular formula is C28H26BrNO4. The van der Waals surface area contributed by atoms with Crippen molar-refractivity contribution in [2.24, 2.45) is 4.99 Å². The molecule has 0 heterocycles. The van der Waals surface area contributed by atoms with Gasteiger partial charge in [-0.05, 0) is 42.5 Å². The van der Waals surface area contributed by atoms with Crippen molar-refractivity contribution in [2.75, 3.05) is 14.2 Å². The van der Waals surface area contributed by atoms with Crippen LogP contribution < -0.4 is 0 Å². The van der Waals surface area contributed by atoms with Gasteiger partial charge < -0.3 is 9.47 Å². The number of hydrogen-bond acceptors (Lipinski definition) is 5. The summed E-state index contributed by atoms with van der Waals surface area (Å²) in [7, 11) is 2.57. The van der Waals surface area contributed by atoms with E-state index in [0.29, 0.717) is 12.1 Å². The van der Waals surface area contributed by atoms with Crippen LogP contribution in [0.2, 0.25) is 0 Å². The molecule has 0 unspecified atom stereocenters. The summed E-state index contributed by atoms with van der Waals surface area (Å²) in [6.45, 7) is 0. The van der Waals surface area contributed by atoms with Crippen LogP contribution >= 0.6 is 15.9 Å². The Balaban J connectivity index is 2.04. The third kappa shape index (κ3) is 4.42. The summed E-state index contributed by atoms with van der Waals surface area (Å²) in [6, 6.07) is 25.1. The molecular weight excluding hydrogens is 494 g/mol. The highest BCUT2D eigenvalue weighted by Crippen LogP contribution is 2.44. The molecule has 0 saturated heterocycles. The van der Waals surface area contributed by atoms with Gasteiger partial charge in [0.05, 0.1) is 19.9 Å². The zero-order chi connectivity index (χ0) is 24.1. The van der Waals surface area contributed by atoms with Gasteiger partial charge in [-0.25, -0.2) is 9.59 Å². The van der Waals surface area contributed by atoms with E-state index in [-0.39, 0.29) is 0 Å². The average molecular weight is 520 g/mol. The molecule has 0 aliphatic heterocycles. The predicted octanol–water partition coefficient (Wildman–Crippen LogP) is 5.49. The first-order valence-electron chi connectivity index (χ1n) is 11.2. The Hall–Kier alpha value is -3.25. The molecule has 3 aromatic rings. The molecule has 5 nitrogen and oxygen atoms in total. The zero-order valence-corrected chi connectivity index (χ0v) is 20.7. The van der Waals surface area contributed by atoms with Crippen molar-refractivity contribution in [1.29, 1.82) is 0 Å². The predicted molar refractivity (Wildman–Crippen MR) is 135 cm³/mol. The van der Waals surface area contributed by atoms with E-state index in [1.165, 1.54) is 14.2 Å². The van der Waals surface area contributed by atoms with E-state index in [0.717, 1.165) is 39.6 Å². The van der Waals surface area contributed by atoms with Gasteiger partial charge >= 0.3 is 11.9 Å². The van der Waals surface area contributed by atoms with Crippen LogP contribution in [0.15, 0.2) is 88.3 Å². The average Bonchev–Trinajstić information content (AvgIpc) is 2.89. The fourth-order valence-corrected chi connectivity index (χ4v) is 5.10. The molecule has 0 radical (unpaired) electrons. The fraction of sp³-hybridized carbons (Fsp3) is 0.250. The van der Waals surface area contributed by atoms with Crippen molar-refractivity contribution < 1.29 is 19.1 Å². The van der Waals surface area contributed by atoms with Crippen molar-refractivity contribution in [3.8, 4) is 0 Å². The molecule has 1 aliphatic rings. The number of aliphatic imine (C=N–C) groups is 1. The summed E-state index contributed by atoms with van der Waals surface area (Å²) in [6.07, 6.45) is 2.27. The minimum absolute atomic E-state index is 0.527. The number of benzene rings is 3. The molecule has 0 aromatic heterocycles. The highest BCUT2D eigenvalue weighted by Gasteiger charge is 2.56. The summed E-state index contributed by atoms with van der Waals surface area (Å²) < 4.78 is 11.4. The Labute approximate surface area is 208 Å². The minimum atomic E-state index is -1.90. The third-order valence-electron chi connectivity index (χ3n) is 6.30. The maximum Gasteiger partial charge on any atom is 0.346 e. The Morgan fingerprint density at radius 2 is 1.44 bits per heavy atom. The number of carbonyl (C=O) groups excluding carboxylic acids is 2. The first kappa shape index (κ1) is 23.9. The van der Waals surface area contributed by atoms with Crippen LogP contribution in [0, 0.1) is 0 Å². The van der Waals surface area contributed by atoms with E-state index in [4.69, 9.17) is 14.5 Å². The van der Waals surface area contributed by atoms with Crippen LogP contribution in [0.25, 0.3) is 0 Å². The van der Waals surface area contributed by atoms with Crippen LogP contribution in [0.3, 0.4) is 0 Å². The number of rotatable bonds is 6. The third-order valence-corrected chi connectivity index (χ3v) is 6.80. The summed E-state index contributed by atoms with van der Waals surface area (Å²) in [5.41, 5.74) is 2.19. The first-order valence-corrected chi connectivity index (χ1v) is 12.0. The van der Waals surface area contributed by atoms with Gasteiger partial charge in [-0.1, -0.05) is 82.7 Å². The van der Waals surface area contributed by atoms with Crippen molar-refractivity contribution in [3.63, 3.8) is 0 Å². The quantitative estimate of drug-likeness (QED) is 0.245. The largest absolute Gasteiger partial charge is 0.467 e. The lowest BCUT2D eigenvalue weighted by atomic mass is 9.71. The summed E-state index contributed by atoms with van der Waals surface area (Å²) in [4.78, 5) is 32.2. The zero-order valence-electron chi connectivity index (χ0n) is 19.2. The van der Waals surface area contributed by atoms with Crippen molar-refractivity contribution in [2.45, 2.75) is 30.7 Å². The number of aryl methyl sites for hydroxylation is 1. The van der Waals surface area contributed by atoms with Gasteiger partial charge in [-0.15, -0.1) is 0 Å². The van der Waals surface area contributed by atoms with E-state index in [1.807, 2.05) is 78.9 Å². The number of fused-ring (bicyclic) bond motifs is 1. The highest BCUT2D eigenvalue weighted by atomic mass is 79.9. The molecule has 1 aliphatic carbocycles. The maximum absolute atomic E-state index is 13.6. The normalized spacial score (nSPS) is 15.1. The van der Waals surface area contributed by atoms with Gasteiger partial charge in [-0.2, -0.15) is 0 Å². The molecule has 34 heavy (non-hydrogen) atoms. The highest BCUT2D eigenvalue weighted by molar-refractivity contribution is 9.10. The lowest BCUT2D eigenvalue weighted by Gasteiger charge is -2.37. The van der Waals surface area contributed by atoms with E-state index >= 15 is 0 Å². The monoisotopic (exact) mass is 519 g/mol. The Kier molecular flexibility index (Phi) is 7.27. The van der Waals surface area contributed by atoms with Crippen LogP contribution in [0.5, 0.6) is 0 Å². The second-order valence-corrected chi connectivity index (χ2v) is 9.15. The van der Waals surface area contributed by atoms with Gasteiger partial charge in [0.1, 0.15) is 0 Å². The molecule has 0 N–H and O–H groups in total. The lowest BCUT2D eigenvalue weighted by molar-refractivity contribution is -0.162. The second kappa shape index (κ2) is 10.3. The second-order valence-electron chi connectivity index (χ2n) is 8.23. The number of hydrogen-bond donors (Lipinski definition) is 0. The molecule has 174 valence electrons. The first-order chi connectivity index (χ1) is 16.5. The number of nitrogens with zero attached hydrogens (tertiary/aromatic N) is 1. The van der Waals surface area contributed by atoms with Gasteiger partial charge in [0.25, 0.3) is 5.54 Å². The van der Waals surface area contributed by atoms with Crippen molar-refractivity contribution >= 4 is 33.6 Å². The topological polar surface area (TPSA) is 65.0 Å². The van der Waals surface area contributed by atoms with Gasteiger partial charge in [0.15, 0.2) is 0 Å². The molecule has 0 bridgehead atoms. The van der Waals surface area contributed by atoms with Crippen molar-refractivity contribution in [3.05, 3.63) is 106 Å². The standard InChI is InChI=1S/C28H26BrNO4/c1-33-26(31)28(27(32)34-2,24-15-9-14-19-16-17-22(29)18-23(19)24)30-25(20-10-5-3-6-11-20)21-12-7-4-8-13-21/h3-8,10-13,16-18,24H,9,14-15H2,1-2H3/t24-/m0/s1. The molecule has 1 atom stereocenters.